The molecule has 0 fully saturated rings. The van der Waals surface area contributed by atoms with Crippen LogP contribution in [-0.2, 0) is 23.7 Å². The van der Waals surface area contributed by atoms with Crippen LogP contribution in [0.1, 0.15) is 31.1 Å². The summed E-state index contributed by atoms with van der Waals surface area (Å²) in [5.41, 5.74) is 0.475. The summed E-state index contributed by atoms with van der Waals surface area (Å²) < 4.78 is 37.7. The van der Waals surface area contributed by atoms with Crippen LogP contribution in [-0.4, -0.2) is 70.1 Å². The molecule has 3 aromatic rings. The van der Waals surface area contributed by atoms with Crippen molar-refractivity contribution in [1.82, 2.24) is 0 Å². The number of esters is 4. The van der Waals surface area contributed by atoms with E-state index in [1.807, 2.05) is 0 Å². The molecule has 11 heteroatoms. The van der Waals surface area contributed by atoms with E-state index in [2.05, 4.69) is 0 Å². The Labute approximate surface area is 241 Å². The minimum absolute atomic E-state index is 0.126. The molecule has 0 radical (unpaired) electrons. The lowest BCUT2D eigenvalue weighted by Crippen LogP contribution is -2.48. The topological polar surface area (TPSA) is 133 Å². The summed E-state index contributed by atoms with van der Waals surface area (Å²) in [5.74, 6) is -1.82. The van der Waals surface area contributed by atoms with Gasteiger partial charge >= 0.3 is 23.9 Å². The number of hydrogen-bond donors (Lipinski definition) is 0. The lowest BCUT2D eigenvalue weighted by molar-refractivity contribution is -0.162. The third kappa shape index (κ3) is 7.45. The molecular weight excluding hydrogens is 548 g/mol. The maximum absolute atomic E-state index is 13.2. The normalized spacial score (nSPS) is 16.4. The monoisotopic (exact) mass is 576 g/mol. The molecule has 3 aromatic carbocycles. The summed E-state index contributed by atoms with van der Waals surface area (Å²) in [6.07, 6.45) is -1.53. The first-order chi connectivity index (χ1) is 20.3. The van der Waals surface area contributed by atoms with Gasteiger partial charge < -0.3 is 33.2 Å². The van der Waals surface area contributed by atoms with Crippen molar-refractivity contribution in [2.45, 2.75) is 18.3 Å². The van der Waals surface area contributed by atoms with Gasteiger partial charge in [-0.3, -0.25) is 0 Å². The summed E-state index contributed by atoms with van der Waals surface area (Å²) in [6.45, 7) is -0.537. The Morgan fingerprint density at radius 2 is 1.24 bits per heavy atom. The zero-order valence-electron chi connectivity index (χ0n) is 23.0. The van der Waals surface area contributed by atoms with Crippen molar-refractivity contribution in [3.05, 3.63) is 102 Å². The predicted octanol–water partition coefficient (Wildman–Crippen LogP) is 3.80. The maximum atomic E-state index is 13.2. The van der Waals surface area contributed by atoms with Gasteiger partial charge in [0.05, 0.1) is 38.0 Å². The van der Waals surface area contributed by atoms with E-state index >= 15 is 0 Å². The molecule has 11 nitrogen and oxygen atoms in total. The van der Waals surface area contributed by atoms with Gasteiger partial charge in [0.25, 0.3) is 0 Å². The Balaban J connectivity index is 1.59. The van der Waals surface area contributed by atoms with Crippen LogP contribution in [0.5, 0.6) is 17.2 Å². The third-order valence-electron chi connectivity index (χ3n) is 6.16. The van der Waals surface area contributed by atoms with Crippen molar-refractivity contribution >= 4 is 23.9 Å². The van der Waals surface area contributed by atoms with Gasteiger partial charge in [-0.15, -0.1) is 0 Å². The molecule has 0 unspecified atom stereocenters. The Morgan fingerprint density at radius 3 is 1.76 bits per heavy atom. The fourth-order valence-corrected chi connectivity index (χ4v) is 4.00. The summed E-state index contributed by atoms with van der Waals surface area (Å²) >= 11 is 0. The van der Waals surface area contributed by atoms with Gasteiger partial charge in [0.1, 0.15) is 23.9 Å². The fraction of sp³-hybridized carbons (Fsp3) is 0.226. The van der Waals surface area contributed by atoms with Crippen LogP contribution in [0.3, 0.4) is 0 Å². The van der Waals surface area contributed by atoms with Crippen molar-refractivity contribution in [2.24, 2.45) is 0 Å². The van der Waals surface area contributed by atoms with Crippen molar-refractivity contribution < 1.29 is 52.3 Å². The van der Waals surface area contributed by atoms with Crippen molar-refractivity contribution in [2.75, 3.05) is 27.9 Å². The summed E-state index contributed by atoms with van der Waals surface area (Å²) in [4.78, 5) is 51.3. The highest BCUT2D eigenvalue weighted by atomic mass is 16.6. The number of hydrogen-bond acceptors (Lipinski definition) is 11. The van der Waals surface area contributed by atoms with E-state index in [1.165, 1.54) is 63.8 Å². The van der Waals surface area contributed by atoms with E-state index in [1.54, 1.807) is 36.4 Å². The van der Waals surface area contributed by atoms with E-state index < -0.39 is 48.8 Å². The van der Waals surface area contributed by atoms with Crippen LogP contribution in [0.4, 0.5) is 0 Å². The smallest absolute Gasteiger partial charge is 0.338 e. The van der Waals surface area contributed by atoms with Crippen LogP contribution in [0.25, 0.3) is 0 Å². The SMILES string of the molecule is COc1cccc(C(=O)OC[C@@H](OC(=O)c2cccc(OC)c2)[C@H]2OC(=O)C=C[C@H]2OC(=O)c2cccc(OC)c2)c1. The molecule has 1 heterocycles. The number of carbonyl (C=O) groups excluding carboxylic acids is 4. The van der Waals surface area contributed by atoms with Gasteiger partial charge in [-0.1, -0.05) is 18.2 Å². The summed E-state index contributed by atoms with van der Waals surface area (Å²) in [5, 5.41) is 0. The second-order valence-corrected chi connectivity index (χ2v) is 8.87. The Kier molecular flexibility index (Phi) is 9.77. The molecule has 0 spiro atoms. The molecule has 218 valence electrons. The Bertz CT molecular complexity index is 1480. The summed E-state index contributed by atoms with van der Waals surface area (Å²) in [6, 6.07) is 18.7. The number of ether oxygens (including phenoxy) is 7. The number of cyclic esters (lactones) is 1. The molecule has 0 saturated carbocycles. The predicted molar refractivity (Wildman–Crippen MR) is 147 cm³/mol. The first kappa shape index (κ1) is 29.7. The van der Waals surface area contributed by atoms with E-state index in [-0.39, 0.29) is 16.7 Å². The van der Waals surface area contributed by atoms with Crippen molar-refractivity contribution in [3.63, 3.8) is 0 Å². The number of carbonyl (C=O) groups is 4. The first-order valence-corrected chi connectivity index (χ1v) is 12.7. The standard InChI is InChI=1S/C31H28O11/c1-36-22-10-4-7-19(15-22)29(33)39-18-26(41-31(35)21-9-6-12-24(17-21)38-3)28-25(13-14-27(32)42-28)40-30(34)20-8-5-11-23(16-20)37-2/h4-17,25-26,28H,18H2,1-3H3/t25-,26-,28+/m1/s1. The molecule has 0 aliphatic carbocycles. The lowest BCUT2D eigenvalue weighted by Gasteiger charge is -2.32. The zero-order chi connectivity index (χ0) is 30.1. The number of benzene rings is 3. The molecule has 1 aliphatic heterocycles. The molecule has 3 atom stereocenters. The molecule has 42 heavy (non-hydrogen) atoms. The molecule has 0 aromatic heterocycles. The molecule has 0 saturated heterocycles. The van der Waals surface area contributed by atoms with Crippen LogP contribution < -0.4 is 14.2 Å². The van der Waals surface area contributed by atoms with Gasteiger partial charge in [0.15, 0.2) is 18.3 Å². The largest absolute Gasteiger partial charge is 0.497 e. The Hall–Kier alpha value is -5.32. The third-order valence-corrected chi connectivity index (χ3v) is 6.16. The Morgan fingerprint density at radius 1 is 0.738 bits per heavy atom. The lowest BCUT2D eigenvalue weighted by atomic mass is 10.0. The van der Waals surface area contributed by atoms with Gasteiger partial charge in [-0.25, -0.2) is 19.2 Å². The molecule has 0 bridgehead atoms. The van der Waals surface area contributed by atoms with Crippen LogP contribution in [0.2, 0.25) is 0 Å². The fourth-order valence-electron chi connectivity index (χ4n) is 4.00. The molecular formula is C31H28O11. The second-order valence-electron chi connectivity index (χ2n) is 8.87. The van der Waals surface area contributed by atoms with Gasteiger partial charge in [0, 0.05) is 6.08 Å². The number of methoxy groups -OCH3 is 3. The molecule has 4 rings (SSSR count). The highest BCUT2D eigenvalue weighted by molar-refractivity contribution is 5.92. The van der Waals surface area contributed by atoms with E-state index in [0.717, 1.165) is 6.08 Å². The van der Waals surface area contributed by atoms with Crippen molar-refractivity contribution in [1.29, 1.82) is 0 Å². The van der Waals surface area contributed by atoms with E-state index in [4.69, 9.17) is 33.2 Å². The van der Waals surface area contributed by atoms with Crippen LogP contribution in [0.15, 0.2) is 84.9 Å². The number of rotatable bonds is 11. The minimum Gasteiger partial charge on any atom is -0.497 e. The average Bonchev–Trinajstić information content (AvgIpc) is 3.03. The van der Waals surface area contributed by atoms with Crippen LogP contribution >= 0.6 is 0 Å². The second kappa shape index (κ2) is 13.8. The highest BCUT2D eigenvalue weighted by Gasteiger charge is 2.40. The summed E-state index contributed by atoms with van der Waals surface area (Å²) in [7, 11) is 4.36. The van der Waals surface area contributed by atoms with E-state index in [0.29, 0.717) is 17.2 Å². The first-order valence-electron chi connectivity index (χ1n) is 12.7. The average molecular weight is 577 g/mol. The van der Waals surface area contributed by atoms with Gasteiger partial charge in [-0.2, -0.15) is 0 Å². The maximum Gasteiger partial charge on any atom is 0.338 e. The van der Waals surface area contributed by atoms with Crippen LogP contribution in [0, 0.1) is 0 Å². The van der Waals surface area contributed by atoms with Gasteiger partial charge in [0.2, 0.25) is 0 Å². The van der Waals surface area contributed by atoms with Gasteiger partial charge in [-0.05, 0) is 60.7 Å². The molecule has 0 N–H and O–H groups in total. The quantitative estimate of drug-likeness (QED) is 0.244. The van der Waals surface area contributed by atoms with E-state index in [9.17, 15) is 19.2 Å². The molecule has 0 amide bonds. The highest BCUT2D eigenvalue weighted by Crippen LogP contribution is 2.24. The molecule has 1 aliphatic rings. The van der Waals surface area contributed by atoms with Crippen molar-refractivity contribution in [3.8, 4) is 17.2 Å². The minimum atomic E-state index is -1.38. The zero-order valence-corrected chi connectivity index (χ0v) is 23.0.